The van der Waals surface area contributed by atoms with Crippen LogP contribution in [0.25, 0.3) is 0 Å². The molecule has 0 aliphatic carbocycles. The number of ether oxygens (including phenoxy) is 2. The van der Waals surface area contributed by atoms with Crippen molar-refractivity contribution in [2.45, 2.75) is 32.9 Å². The molecule has 2 aromatic rings. The number of nitrogens with one attached hydrogen (secondary N) is 1. The average Bonchev–Trinajstić information content (AvgIpc) is 2.73. The Kier molecular flexibility index (Phi) is 8.34. The molecule has 0 aromatic heterocycles. The second-order valence-electron chi connectivity index (χ2n) is 6.29. The third kappa shape index (κ3) is 6.01. The zero-order valence-electron chi connectivity index (χ0n) is 16.7. The highest BCUT2D eigenvalue weighted by Crippen LogP contribution is 2.18. The molecule has 2 aromatic carbocycles. The summed E-state index contributed by atoms with van der Waals surface area (Å²) in [6.07, 6.45) is 0.507. The first-order valence-electron chi connectivity index (χ1n) is 9.47. The topological polar surface area (TPSA) is 67.9 Å². The van der Waals surface area contributed by atoms with Gasteiger partial charge in [0.1, 0.15) is 17.5 Å². The molecule has 0 unspecified atom stereocenters. The molecule has 2 rings (SSSR count). The summed E-state index contributed by atoms with van der Waals surface area (Å²) in [5.41, 5.74) is 0.884. The normalized spacial score (nSPS) is 11.4. The second kappa shape index (κ2) is 11.0. The molecule has 0 radical (unpaired) electrons. The Bertz CT molecular complexity index is 764. The lowest BCUT2D eigenvalue weighted by atomic mass is 10.1. The van der Waals surface area contributed by atoms with Crippen LogP contribution >= 0.6 is 0 Å². The number of para-hydroxylation sites is 1. The molecule has 0 aliphatic heterocycles. The van der Waals surface area contributed by atoms with Gasteiger partial charge in [0.25, 0.3) is 5.91 Å². The first kappa shape index (κ1) is 21.3. The number of hydrogen-bond donors (Lipinski definition) is 1. The van der Waals surface area contributed by atoms with Gasteiger partial charge in [0, 0.05) is 13.1 Å². The Hall–Kier alpha value is -3.02. The number of nitrogens with zero attached hydrogens (tertiary/aromatic N) is 1. The highest BCUT2D eigenvalue weighted by molar-refractivity contribution is 5.88. The van der Waals surface area contributed by atoms with Crippen molar-refractivity contribution in [1.82, 2.24) is 10.2 Å². The highest BCUT2D eigenvalue weighted by atomic mass is 16.5. The Morgan fingerprint density at radius 3 is 2.39 bits per heavy atom. The fourth-order valence-electron chi connectivity index (χ4n) is 2.92. The summed E-state index contributed by atoms with van der Waals surface area (Å²) in [4.78, 5) is 27.1. The molecule has 0 saturated carbocycles. The van der Waals surface area contributed by atoms with Crippen LogP contribution in [-0.4, -0.2) is 43.0 Å². The number of methoxy groups -OCH3 is 1. The van der Waals surface area contributed by atoms with Crippen molar-refractivity contribution in [3.8, 4) is 11.5 Å². The minimum atomic E-state index is -0.571. The Balaban J connectivity index is 2.20. The van der Waals surface area contributed by atoms with Crippen LogP contribution in [0.4, 0.5) is 0 Å². The molecule has 6 heteroatoms. The number of rotatable bonds is 10. The molecule has 28 heavy (non-hydrogen) atoms. The van der Waals surface area contributed by atoms with E-state index in [4.69, 9.17) is 9.47 Å². The summed E-state index contributed by atoms with van der Waals surface area (Å²) in [5, 5.41) is 2.82. The number of amides is 2. The first-order valence-corrected chi connectivity index (χ1v) is 9.47. The number of likely N-dealkylation sites (N-methyl/N-ethyl adjacent to an activating group) is 1. The van der Waals surface area contributed by atoms with Crippen LogP contribution in [0.15, 0.2) is 54.6 Å². The number of benzene rings is 2. The number of carbonyl (C=O) groups excluding carboxylic acids is 2. The van der Waals surface area contributed by atoms with E-state index in [0.29, 0.717) is 31.0 Å². The van der Waals surface area contributed by atoms with Crippen molar-refractivity contribution in [1.29, 1.82) is 0 Å². The Morgan fingerprint density at radius 1 is 1.04 bits per heavy atom. The molecular weight excluding hydrogens is 356 g/mol. The van der Waals surface area contributed by atoms with Gasteiger partial charge < -0.3 is 19.7 Å². The van der Waals surface area contributed by atoms with Gasteiger partial charge in [0.05, 0.1) is 7.11 Å². The van der Waals surface area contributed by atoms with Crippen LogP contribution in [0.2, 0.25) is 0 Å². The van der Waals surface area contributed by atoms with E-state index in [1.54, 1.807) is 24.1 Å². The molecular formula is C22H28N2O4. The van der Waals surface area contributed by atoms with Crippen LogP contribution in [0, 0.1) is 0 Å². The fourth-order valence-corrected chi connectivity index (χ4v) is 2.92. The molecule has 150 valence electrons. The number of hydrogen-bond acceptors (Lipinski definition) is 4. The van der Waals surface area contributed by atoms with E-state index in [9.17, 15) is 9.59 Å². The molecule has 6 nitrogen and oxygen atoms in total. The lowest BCUT2D eigenvalue weighted by Gasteiger charge is -2.30. The summed E-state index contributed by atoms with van der Waals surface area (Å²) >= 11 is 0. The first-order chi connectivity index (χ1) is 13.6. The van der Waals surface area contributed by atoms with Gasteiger partial charge in [0.15, 0.2) is 6.61 Å². The second-order valence-corrected chi connectivity index (χ2v) is 6.29. The van der Waals surface area contributed by atoms with Gasteiger partial charge in [-0.25, -0.2) is 0 Å². The van der Waals surface area contributed by atoms with Crippen LogP contribution < -0.4 is 14.8 Å². The van der Waals surface area contributed by atoms with Gasteiger partial charge in [-0.15, -0.1) is 0 Å². The van der Waals surface area contributed by atoms with E-state index in [-0.39, 0.29) is 18.4 Å². The van der Waals surface area contributed by atoms with Gasteiger partial charge in [-0.1, -0.05) is 37.3 Å². The Morgan fingerprint density at radius 2 is 1.75 bits per heavy atom. The predicted molar refractivity (Wildman–Crippen MR) is 108 cm³/mol. The van der Waals surface area contributed by atoms with Crippen molar-refractivity contribution in [3.05, 3.63) is 60.2 Å². The van der Waals surface area contributed by atoms with Crippen molar-refractivity contribution in [2.24, 2.45) is 0 Å². The van der Waals surface area contributed by atoms with Gasteiger partial charge in [-0.2, -0.15) is 0 Å². The smallest absolute Gasteiger partial charge is 0.261 e. The van der Waals surface area contributed by atoms with Crippen LogP contribution in [0.1, 0.15) is 25.8 Å². The zero-order valence-corrected chi connectivity index (χ0v) is 16.7. The molecule has 0 fully saturated rings. The monoisotopic (exact) mass is 384 g/mol. The standard InChI is InChI=1S/C22H28N2O4/c1-4-20(22(26)23-5-2)24(15-17-10-9-13-19(14-17)27-3)21(25)16-28-18-11-7-6-8-12-18/h6-14,20H,4-5,15-16H2,1-3H3,(H,23,26)/t20-/m0/s1. The van der Waals surface area contributed by atoms with E-state index in [0.717, 1.165) is 5.56 Å². The average molecular weight is 384 g/mol. The Labute approximate surface area is 166 Å². The summed E-state index contributed by atoms with van der Waals surface area (Å²) in [5.74, 6) is 0.908. The van der Waals surface area contributed by atoms with Crippen LogP contribution in [0.5, 0.6) is 11.5 Å². The quantitative estimate of drug-likeness (QED) is 0.684. The third-order valence-corrected chi connectivity index (χ3v) is 4.33. The fraction of sp³-hybridized carbons (Fsp3) is 0.364. The molecule has 0 saturated heterocycles. The molecule has 1 N–H and O–H groups in total. The van der Waals surface area contributed by atoms with E-state index < -0.39 is 6.04 Å². The van der Waals surface area contributed by atoms with E-state index in [1.165, 1.54) is 0 Å². The van der Waals surface area contributed by atoms with Gasteiger partial charge in [0.2, 0.25) is 5.91 Å². The van der Waals surface area contributed by atoms with Gasteiger partial charge >= 0.3 is 0 Å². The predicted octanol–water partition coefficient (Wildman–Crippen LogP) is 3.02. The summed E-state index contributed by atoms with van der Waals surface area (Å²) in [6.45, 7) is 4.42. The SMILES string of the molecule is CCNC(=O)[C@H](CC)N(Cc1cccc(OC)c1)C(=O)COc1ccccc1. The van der Waals surface area contributed by atoms with Crippen molar-refractivity contribution < 1.29 is 19.1 Å². The lowest BCUT2D eigenvalue weighted by molar-refractivity contribution is -0.142. The zero-order chi connectivity index (χ0) is 20.4. The summed E-state index contributed by atoms with van der Waals surface area (Å²) in [7, 11) is 1.60. The molecule has 0 aliphatic rings. The van der Waals surface area contributed by atoms with Crippen molar-refractivity contribution in [2.75, 3.05) is 20.3 Å². The van der Waals surface area contributed by atoms with E-state index in [1.807, 2.05) is 56.3 Å². The highest BCUT2D eigenvalue weighted by Gasteiger charge is 2.28. The summed E-state index contributed by atoms with van der Waals surface area (Å²) < 4.78 is 10.9. The third-order valence-electron chi connectivity index (χ3n) is 4.33. The minimum Gasteiger partial charge on any atom is -0.497 e. The molecule has 0 bridgehead atoms. The van der Waals surface area contributed by atoms with E-state index >= 15 is 0 Å². The molecule has 2 amide bonds. The van der Waals surface area contributed by atoms with Crippen molar-refractivity contribution in [3.63, 3.8) is 0 Å². The van der Waals surface area contributed by atoms with Crippen LogP contribution in [-0.2, 0) is 16.1 Å². The maximum absolute atomic E-state index is 13.0. The maximum Gasteiger partial charge on any atom is 0.261 e. The van der Waals surface area contributed by atoms with Gasteiger partial charge in [-0.3, -0.25) is 9.59 Å². The maximum atomic E-state index is 13.0. The number of carbonyl (C=O) groups is 2. The molecule has 0 heterocycles. The molecule has 1 atom stereocenters. The van der Waals surface area contributed by atoms with E-state index in [2.05, 4.69) is 5.32 Å². The summed E-state index contributed by atoms with van der Waals surface area (Å²) in [6, 6.07) is 16.1. The van der Waals surface area contributed by atoms with Crippen LogP contribution in [0.3, 0.4) is 0 Å². The molecule has 0 spiro atoms. The van der Waals surface area contributed by atoms with Crippen molar-refractivity contribution >= 4 is 11.8 Å². The lowest BCUT2D eigenvalue weighted by Crippen LogP contribution is -2.50. The largest absolute Gasteiger partial charge is 0.497 e. The minimum absolute atomic E-state index is 0.135. The van der Waals surface area contributed by atoms with Gasteiger partial charge in [-0.05, 0) is 43.2 Å².